The monoisotopic (exact) mass is 658 g/mol. The smallest absolute Gasteiger partial charge is 0.298 e. The maximum atomic E-state index is 17.3. The largest absolute Gasteiger partial charge is 0.486 e. The molecule has 0 aliphatic carbocycles. The molecule has 6 rings (SSSR count). The normalized spacial score (nSPS) is 16.0. The average Bonchev–Trinajstić information content (AvgIpc) is 3.14. The zero-order chi connectivity index (χ0) is 33.2. The number of benzene rings is 5. The first-order chi connectivity index (χ1) is 23.5. The van der Waals surface area contributed by atoms with Crippen LogP contribution in [-0.4, -0.2) is 18.5 Å². The highest BCUT2D eigenvalue weighted by Gasteiger charge is 2.47. The maximum absolute atomic E-state index is 17.3. The molecule has 0 saturated heterocycles. The Kier molecular flexibility index (Phi) is 10.8. The van der Waals surface area contributed by atoms with Crippen molar-refractivity contribution in [3.05, 3.63) is 156 Å². The molecule has 1 aliphatic heterocycles. The Morgan fingerprint density at radius 3 is 1.98 bits per heavy atom. The van der Waals surface area contributed by atoms with Crippen molar-refractivity contribution in [2.75, 3.05) is 6.54 Å². The van der Waals surface area contributed by atoms with E-state index < -0.39 is 7.57 Å². The molecule has 6 nitrogen and oxygen atoms in total. The Hall–Kier alpha value is -5.00. The molecule has 0 radical (unpaired) electrons. The van der Waals surface area contributed by atoms with Crippen LogP contribution in [0.2, 0.25) is 0 Å². The molecule has 1 aliphatic rings. The van der Waals surface area contributed by atoms with E-state index in [1.807, 2.05) is 127 Å². The van der Waals surface area contributed by atoms with Gasteiger partial charge in [0.15, 0.2) is 18.1 Å². The van der Waals surface area contributed by atoms with Crippen LogP contribution in [0.4, 0.5) is 4.20 Å². The number of aliphatic imine (C=N–C) groups is 2. The van der Waals surface area contributed by atoms with Crippen LogP contribution in [-0.2, 0) is 6.42 Å². The lowest BCUT2D eigenvalue weighted by molar-refractivity contribution is 0.191. The molecule has 0 bridgehead atoms. The van der Waals surface area contributed by atoms with Crippen LogP contribution < -0.4 is 37.0 Å². The predicted molar refractivity (Wildman–Crippen MR) is 199 cm³/mol. The van der Waals surface area contributed by atoms with Gasteiger partial charge in [-0.2, -0.15) is 0 Å². The van der Waals surface area contributed by atoms with Crippen LogP contribution in [0, 0.1) is 0 Å². The number of ether oxygens (including phenoxy) is 1. The number of nitrogens with two attached hydrogens (primary N) is 1. The van der Waals surface area contributed by atoms with Gasteiger partial charge >= 0.3 is 0 Å². The molecule has 8 heteroatoms. The summed E-state index contributed by atoms with van der Waals surface area (Å²) in [5, 5.41) is 8.49. The lowest BCUT2D eigenvalue weighted by Gasteiger charge is -2.25. The Bertz CT molecular complexity index is 1760. The molecule has 0 saturated carbocycles. The van der Waals surface area contributed by atoms with E-state index in [1.54, 1.807) is 0 Å². The fourth-order valence-electron chi connectivity index (χ4n) is 5.86. The topological polar surface area (TPSA) is 84.0 Å². The third kappa shape index (κ3) is 7.92. The van der Waals surface area contributed by atoms with Crippen LogP contribution in [0.1, 0.15) is 55.1 Å². The second-order valence-electron chi connectivity index (χ2n) is 11.8. The molecule has 244 valence electrons. The summed E-state index contributed by atoms with van der Waals surface area (Å²) in [6, 6.07) is 45.2. The maximum Gasteiger partial charge on any atom is 0.298 e. The van der Waals surface area contributed by atoms with E-state index in [0.717, 1.165) is 42.6 Å². The lowest BCUT2D eigenvalue weighted by Crippen LogP contribution is -2.50. The van der Waals surface area contributed by atoms with Crippen molar-refractivity contribution in [2.45, 2.75) is 44.9 Å². The number of unbranched alkanes of at least 4 members (excludes halogenated alkanes) is 1. The number of hydrogen-bond donors (Lipinski definition) is 3. The number of hydrogen-bond acceptors (Lipinski definition) is 4. The molecule has 0 spiro atoms. The van der Waals surface area contributed by atoms with Crippen molar-refractivity contribution in [1.29, 1.82) is 0 Å². The summed E-state index contributed by atoms with van der Waals surface area (Å²) in [7, 11) is -3.29. The van der Waals surface area contributed by atoms with E-state index in [1.165, 1.54) is 5.56 Å². The highest BCUT2D eigenvalue weighted by Crippen LogP contribution is 2.57. The van der Waals surface area contributed by atoms with E-state index in [4.69, 9.17) is 10.5 Å². The Morgan fingerprint density at radius 1 is 0.792 bits per heavy atom. The van der Waals surface area contributed by atoms with Crippen LogP contribution >= 0.6 is 7.57 Å². The molecule has 5 aromatic rings. The molecule has 0 fully saturated rings. The van der Waals surface area contributed by atoms with E-state index in [-0.39, 0.29) is 12.3 Å². The summed E-state index contributed by atoms with van der Waals surface area (Å²) < 4.78 is 23.9. The molecule has 5 aromatic carbocycles. The van der Waals surface area contributed by atoms with Crippen molar-refractivity contribution < 1.29 is 8.93 Å². The van der Waals surface area contributed by atoms with E-state index in [9.17, 15) is 0 Å². The van der Waals surface area contributed by atoms with Gasteiger partial charge in [-0.3, -0.25) is 10.3 Å². The molecule has 1 heterocycles. The third-order valence-corrected chi connectivity index (χ3v) is 11.5. The van der Waals surface area contributed by atoms with Gasteiger partial charge in [-0.25, -0.2) is 4.99 Å². The minimum atomic E-state index is -3.29. The zero-order valence-corrected chi connectivity index (χ0v) is 28.1. The fraction of sp³-hybridized carbons (Fsp3) is 0.200. The van der Waals surface area contributed by atoms with Gasteiger partial charge in [-0.15, -0.1) is 0 Å². The molecule has 2 unspecified atom stereocenters. The van der Waals surface area contributed by atoms with Gasteiger partial charge in [-0.05, 0) is 88.7 Å². The van der Waals surface area contributed by atoms with Crippen molar-refractivity contribution in [2.24, 2.45) is 15.7 Å². The number of halogens is 1. The van der Waals surface area contributed by atoms with Crippen LogP contribution in [0.5, 0.6) is 5.75 Å². The molecular formula is C40H42FN5OP+. The summed E-state index contributed by atoms with van der Waals surface area (Å²) in [5.74, 6) is 1.68. The molecule has 48 heavy (non-hydrogen) atoms. The Morgan fingerprint density at radius 2 is 1.38 bits per heavy atom. The molecular weight excluding hydrogens is 616 g/mol. The Labute approximate surface area is 283 Å². The van der Waals surface area contributed by atoms with Crippen LogP contribution in [0.25, 0.3) is 0 Å². The minimum absolute atomic E-state index is 0.167. The Balaban J connectivity index is 1.17. The summed E-state index contributed by atoms with van der Waals surface area (Å²) in [5.41, 5.74) is 9.32. The highest BCUT2D eigenvalue weighted by molar-refractivity contribution is 7.91. The SMILES string of the molecule is CCCCC(Oc1ccc(C2N=C(N)NC(=NCCc3ccccc3)N2)cc1)c1ccc([P+](F)(c2ccccc2)c2ccccc2)cc1. The van der Waals surface area contributed by atoms with Gasteiger partial charge in [0.25, 0.3) is 7.57 Å². The van der Waals surface area contributed by atoms with Crippen molar-refractivity contribution in [3.8, 4) is 5.75 Å². The van der Waals surface area contributed by atoms with Crippen molar-refractivity contribution in [1.82, 2.24) is 10.6 Å². The number of nitrogens with one attached hydrogen (secondary N) is 2. The predicted octanol–water partition coefficient (Wildman–Crippen LogP) is 7.28. The molecule has 0 aromatic heterocycles. The first kappa shape index (κ1) is 32.9. The van der Waals surface area contributed by atoms with Gasteiger partial charge in [0.05, 0.1) is 0 Å². The van der Waals surface area contributed by atoms with Crippen LogP contribution in [0.3, 0.4) is 0 Å². The average molecular weight is 659 g/mol. The van der Waals surface area contributed by atoms with Gasteiger partial charge in [-0.1, -0.05) is 104 Å². The number of nitrogens with zero attached hydrogens (tertiary/aromatic N) is 2. The van der Waals surface area contributed by atoms with Gasteiger partial charge < -0.3 is 15.8 Å². The van der Waals surface area contributed by atoms with Crippen molar-refractivity contribution in [3.63, 3.8) is 0 Å². The van der Waals surface area contributed by atoms with Crippen molar-refractivity contribution >= 4 is 35.4 Å². The summed E-state index contributed by atoms with van der Waals surface area (Å²) in [6.07, 6.45) is 3.22. The highest BCUT2D eigenvalue weighted by atomic mass is 31.2. The third-order valence-electron chi connectivity index (χ3n) is 8.44. The first-order valence-corrected chi connectivity index (χ1v) is 18.2. The quantitative estimate of drug-likeness (QED) is 0.116. The van der Waals surface area contributed by atoms with E-state index >= 15 is 4.20 Å². The van der Waals surface area contributed by atoms with E-state index in [2.05, 4.69) is 39.7 Å². The van der Waals surface area contributed by atoms with Crippen LogP contribution in [0.15, 0.2) is 150 Å². The zero-order valence-electron chi connectivity index (χ0n) is 27.2. The van der Waals surface area contributed by atoms with Gasteiger partial charge in [0, 0.05) is 6.54 Å². The summed E-state index contributed by atoms with van der Waals surface area (Å²) in [6.45, 7) is 2.80. The van der Waals surface area contributed by atoms with Gasteiger partial charge in [0.2, 0.25) is 0 Å². The fourth-order valence-corrected chi connectivity index (χ4v) is 8.48. The summed E-state index contributed by atoms with van der Waals surface area (Å²) in [4.78, 5) is 9.21. The molecule has 0 amide bonds. The minimum Gasteiger partial charge on any atom is -0.486 e. The standard InChI is InChI=1S/C40H42FN5OP/c1-2-3-19-37(31-22-26-36(27-23-31)48(41,34-15-9-5-10-16-34)35-17-11-6-12-18-35)47-33-24-20-32(21-25-33)38-44-39(42)46-40(45-38)43-29-28-30-13-7-4-8-14-30/h4-18,20-27,37-38H,2-3,19,28-29H2,1H3,(H4,42,43,44,45,46)/q+1. The summed E-state index contributed by atoms with van der Waals surface area (Å²) >= 11 is 0. The number of guanidine groups is 2. The first-order valence-electron chi connectivity index (χ1n) is 16.5. The van der Waals surface area contributed by atoms with Gasteiger partial charge in [0.1, 0.15) is 27.8 Å². The molecule has 4 N–H and O–H groups in total. The van der Waals surface area contributed by atoms with E-state index in [0.29, 0.717) is 34.4 Å². The second kappa shape index (κ2) is 15.7. The molecule has 2 atom stereocenters. The second-order valence-corrected chi connectivity index (χ2v) is 14.5. The lowest BCUT2D eigenvalue weighted by atomic mass is 10.0. The number of rotatable bonds is 13.